The molecule has 1 fully saturated rings. The van der Waals surface area contributed by atoms with Gasteiger partial charge in [-0.05, 0) is 86.5 Å². The third-order valence-corrected chi connectivity index (χ3v) is 20.1. The largest absolute Gasteiger partial charge is 0.481 e. The van der Waals surface area contributed by atoms with Gasteiger partial charge in [-0.3, -0.25) is 72.1 Å². The number of carbonyl (C=O) groups excluding carboxylic acids is 13. The normalized spacial score (nSPS) is 16.7. The van der Waals surface area contributed by atoms with Crippen molar-refractivity contribution < 1.29 is 87.2 Å². The van der Waals surface area contributed by atoms with E-state index < -0.39 is 211 Å². The van der Waals surface area contributed by atoms with Crippen molar-refractivity contribution in [2.24, 2.45) is 45.5 Å². The maximum absolute atomic E-state index is 15.6. The van der Waals surface area contributed by atoms with Crippen molar-refractivity contribution in [3.63, 3.8) is 0 Å². The molecule has 1 aliphatic rings. The molecule has 2 aromatic heterocycles. The number of carboxylic acids is 2. The number of hydrogen-bond donors (Lipinski definition) is 19. The van der Waals surface area contributed by atoms with E-state index in [0.29, 0.717) is 52.1 Å². The number of nitrogens with zero attached hydrogens (tertiary/aromatic N) is 5. The van der Waals surface area contributed by atoms with Gasteiger partial charge < -0.3 is 107 Å². The number of thioether (sulfide) groups is 2. The number of carboxylic acid groups (broad SMARTS) is 2. The van der Waals surface area contributed by atoms with Crippen molar-refractivity contribution in [3.8, 4) is 11.3 Å². The summed E-state index contributed by atoms with van der Waals surface area (Å²) in [5, 5.41) is 64.4. The van der Waals surface area contributed by atoms with Gasteiger partial charge in [0.1, 0.15) is 72.2 Å². The van der Waals surface area contributed by atoms with E-state index in [1.165, 1.54) is 35.1 Å². The van der Waals surface area contributed by atoms with E-state index in [0.717, 1.165) is 4.90 Å². The summed E-state index contributed by atoms with van der Waals surface area (Å²) in [4.78, 5) is 215. The molecule has 1 saturated heterocycles. The second-order valence-electron chi connectivity index (χ2n) is 27.2. The number of nitrogens with two attached hydrogens (primary N) is 5. The summed E-state index contributed by atoms with van der Waals surface area (Å²) >= 11 is 2.69. The summed E-state index contributed by atoms with van der Waals surface area (Å²) in [7, 11) is 0. The minimum absolute atomic E-state index is 0.0488. The fourth-order valence-corrected chi connectivity index (χ4v) is 12.9. The lowest BCUT2D eigenvalue weighted by Crippen LogP contribution is -2.62. The van der Waals surface area contributed by atoms with E-state index in [1.807, 2.05) is 0 Å². The molecule has 0 saturated carbocycles. The van der Waals surface area contributed by atoms with Gasteiger partial charge in [-0.25, -0.2) is 9.48 Å². The molecule has 3 heterocycles. The number of aliphatic hydroxyl groups is 1. The van der Waals surface area contributed by atoms with Crippen molar-refractivity contribution in [3.05, 3.63) is 72.6 Å². The number of amides is 13. The van der Waals surface area contributed by atoms with Gasteiger partial charge in [0.15, 0.2) is 5.96 Å². The fourth-order valence-electron chi connectivity index (χ4n) is 12.0. The lowest BCUT2D eigenvalue weighted by Gasteiger charge is -2.33. The van der Waals surface area contributed by atoms with Crippen LogP contribution in [0.25, 0.3) is 22.2 Å². The molecule has 41 heteroatoms. The zero-order valence-corrected chi connectivity index (χ0v) is 65.1. The maximum Gasteiger partial charge on any atom is 0.326 e. The molecule has 15 atom stereocenters. The third kappa shape index (κ3) is 28.1. The Kier molecular flexibility index (Phi) is 37.2. The predicted molar refractivity (Wildman–Crippen MR) is 414 cm³/mol. The molecule has 0 aliphatic carbocycles. The zero-order chi connectivity index (χ0) is 83.1. The summed E-state index contributed by atoms with van der Waals surface area (Å²) < 4.78 is 1.43. The van der Waals surface area contributed by atoms with Gasteiger partial charge in [0.2, 0.25) is 76.8 Å². The first-order valence-electron chi connectivity index (χ1n) is 36.4. The molecule has 0 unspecified atom stereocenters. The van der Waals surface area contributed by atoms with Crippen LogP contribution >= 0.6 is 23.5 Å². The number of carbonyl (C=O) groups is 15. The van der Waals surface area contributed by atoms with Crippen LogP contribution in [0.5, 0.6) is 0 Å². The van der Waals surface area contributed by atoms with E-state index >= 15 is 9.59 Å². The third-order valence-electron chi connectivity index (χ3n) is 18.8. The molecule has 24 N–H and O–H groups in total. The van der Waals surface area contributed by atoms with Crippen LogP contribution in [0, 0.1) is 11.8 Å². The van der Waals surface area contributed by atoms with Crippen LogP contribution in [0.15, 0.2) is 72.0 Å². The van der Waals surface area contributed by atoms with Gasteiger partial charge in [0, 0.05) is 55.0 Å². The number of hydrogen-bond acceptors (Lipinski definition) is 22. The Morgan fingerprint density at radius 3 is 1.71 bits per heavy atom. The van der Waals surface area contributed by atoms with Crippen molar-refractivity contribution in [2.75, 3.05) is 43.7 Å². The standard InChI is InChI=1S/C71H105N21O18S2/c1-8-36(3)57(87-60(99)43(72)19-15-25-77-71(75)76)68(107)85-49(30-54(73)94)64(103)83-50(31-55(74)95)65(104)88-58(37(4)9-2)69(108)91-33-41(92-34-51(89-90-92)39-16-11-10-12-17-39)29-53(91)67(106)84-48(28-40-32-78-44-20-14-13-18-42(40)44)63(102)86-52(35-93)66(105)81-45(21-22-56(96)97)61(100)79-38(5)59(98)80-46(23-26-111-6)62(101)82-47(70(109)110)24-27-112-7/h10-14,16-18,20,32,34,36-38,41,43,45-50,52-53,57-58,78,93H,8-9,15,19,21-31,33,35,72H2,1-7H3,(H2,73,94)(H2,74,95)(H,79,100)(H,80,98)(H,81,105)(H,82,101)(H,83,103)(H,84,106)(H,85,107)(H,86,102)(H,87,99)(H,88,104)(H,96,97)(H,109,110)(H4,75,76,77)/t36-,37-,38-,41+,43-,45-,46-,47-,48-,49-,50-,52-,53-,57-,58-/m0/s1. The summed E-state index contributed by atoms with van der Waals surface area (Å²) in [5.74, 6) is -17.0. The molecule has 0 spiro atoms. The number of fused-ring (bicyclic) bond motifs is 1. The predicted octanol–water partition coefficient (Wildman–Crippen LogP) is -3.65. The number of likely N-dealkylation sites (tertiary alicyclic amines) is 1. The van der Waals surface area contributed by atoms with Gasteiger partial charge in [0.05, 0.1) is 37.7 Å². The Morgan fingerprint density at radius 2 is 1.12 bits per heavy atom. The summed E-state index contributed by atoms with van der Waals surface area (Å²) in [6, 6.07) is -3.88. The van der Waals surface area contributed by atoms with Crippen molar-refractivity contribution in [2.45, 2.75) is 190 Å². The van der Waals surface area contributed by atoms with Crippen LogP contribution in [0.2, 0.25) is 0 Å². The first-order valence-corrected chi connectivity index (χ1v) is 39.2. The molecule has 4 aromatic rings. The van der Waals surface area contributed by atoms with Crippen LogP contribution in [0.4, 0.5) is 0 Å². The van der Waals surface area contributed by atoms with Crippen LogP contribution in [0.1, 0.15) is 117 Å². The number of aromatic nitrogens is 4. The Morgan fingerprint density at radius 1 is 0.598 bits per heavy atom. The number of nitrogens with one attached hydrogen (secondary N) is 11. The number of para-hydroxylation sites is 1. The maximum atomic E-state index is 15.6. The van der Waals surface area contributed by atoms with Gasteiger partial charge in [-0.2, -0.15) is 23.5 Å². The van der Waals surface area contributed by atoms with Crippen LogP contribution in [-0.4, -0.2) is 251 Å². The molecule has 0 bridgehead atoms. The fraction of sp³-hybridized carbons (Fsp3) is 0.549. The van der Waals surface area contributed by atoms with E-state index in [-0.39, 0.29) is 57.6 Å². The number of rotatable bonds is 48. The van der Waals surface area contributed by atoms with Crippen molar-refractivity contribution >= 4 is 129 Å². The van der Waals surface area contributed by atoms with Gasteiger partial charge in [-0.1, -0.05) is 94.3 Å². The van der Waals surface area contributed by atoms with E-state index in [9.17, 15) is 77.6 Å². The van der Waals surface area contributed by atoms with Crippen LogP contribution in [0.3, 0.4) is 0 Å². The molecule has 112 heavy (non-hydrogen) atoms. The Bertz CT molecular complexity index is 3970. The number of aliphatic carboxylic acids is 2. The number of guanidine groups is 1. The zero-order valence-electron chi connectivity index (χ0n) is 63.4. The average Bonchev–Trinajstić information content (AvgIpc) is 1.63. The summed E-state index contributed by atoms with van der Waals surface area (Å²) in [6.45, 7) is 6.52. The molecule has 2 aromatic carbocycles. The average molecular weight is 1600 g/mol. The number of aliphatic hydroxyl groups excluding tert-OH is 1. The second-order valence-corrected chi connectivity index (χ2v) is 29.2. The molecule has 5 rings (SSSR count). The van der Waals surface area contributed by atoms with Crippen molar-refractivity contribution in [1.29, 1.82) is 0 Å². The van der Waals surface area contributed by atoms with E-state index in [2.05, 4.69) is 73.5 Å². The van der Waals surface area contributed by atoms with Gasteiger partial charge >= 0.3 is 11.9 Å². The summed E-state index contributed by atoms with van der Waals surface area (Å²) in [6.07, 6.45) is 3.96. The van der Waals surface area contributed by atoms with Gasteiger partial charge in [0.25, 0.3) is 0 Å². The number of primary amides is 2. The first kappa shape index (κ1) is 91.7. The minimum atomic E-state index is -1.94. The Balaban J connectivity index is 1.47. The second kappa shape index (κ2) is 45.4. The number of benzene rings is 2. The van der Waals surface area contributed by atoms with Crippen molar-refractivity contribution in [1.82, 2.24) is 78.0 Å². The van der Waals surface area contributed by atoms with Gasteiger partial charge in [-0.15, -0.1) is 5.10 Å². The lowest BCUT2D eigenvalue weighted by molar-refractivity contribution is -0.144. The molecular formula is C71H105N21O18S2. The van der Waals surface area contributed by atoms with E-state index in [4.69, 9.17) is 28.7 Å². The molecule has 614 valence electrons. The minimum Gasteiger partial charge on any atom is -0.481 e. The molecule has 39 nitrogen and oxygen atoms in total. The van der Waals surface area contributed by atoms with Crippen LogP contribution < -0.4 is 81.8 Å². The highest BCUT2D eigenvalue weighted by Gasteiger charge is 2.46. The monoisotopic (exact) mass is 1600 g/mol. The smallest absolute Gasteiger partial charge is 0.326 e. The highest BCUT2D eigenvalue weighted by atomic mass is 32.2. The summed E-state index contributed by atoms with van der Waals surface area (Å²) in [5.41, 5.74) is 30.2. The van der Waals surface area contributed by atoms with E-state index in [1.54, 1.807) is 107 Å². The number of aliphatic imine (C=N–C) groups is 1. The Hall–Kier alpha value is -10.9. The topological polar surface area (TPSA) is 629 Å². The molecule has 13 amide bonds. The highest BCUT2D eigenvalue weighted by molar-refractivity contribution is 7.98. The number of H-pyrrole nitrogens is 1. The highest BCUT2D eigenvalue weighted by Crippen LogP contribution is 2.31. The number of aromatic amines is 1. The SMILES string of the molecule is CC[C@H](C)[C@H](NC(=O)[C@@H](N)CCCN=C(N)N)C(=O)N[C@@H](CC(N)=O)C(=O)N[C@@H](CC(N)=O)C(=O)N[C@H](C(=O)N1C[C@H](n2cc(-c3ccccc3)nn2)C[C@H]1C(=O)N[C@@H](Cc1c[nH]c2ccccc12)C(=O)N[C@@H](CO)C(=O)N[C@@H](CCC(=O)O)C(=O)N[C@@H](C)C(=O)N[C@@H](CCSC)C(=O)N[C@@H](CCSC)C(=O)O)[C@@H](C)CC. The first-order chi connectivity index (χ1) is 53.1. The lowest BCUT2D eigenvalue weighted by atomic mass is 9.96. The Labute approximate surface area is 654 Å². The molecule has 1 aliphatic heterocycles. The van der Waals surface area contributed by atoms with Crippen LogP contribution in [-0.2, 0) is 78.3 Å². The quantitative estimate of drug-likeness (QED) is 0.0115. The molecule has 0 radical (unpaired) electrons. The molecular weight excluding hydrogens is 1500 g/mol.